The average Bonchev–Trinajstić information content (AvgIpc) is 2.59. The van der Waals surface area contributed by atoms with Crippen LogP contribution in [0.3, 0.4) is 0 Å². The van der Waals surface area contributed by atoms with Gasteiger partial charge in [-0.15, -0.1) is 0 Å². The Hall–Kier alpha value is -2.48. The summed E-state index contributed by atoms with van der Waals surface area (Å²) in [5, 5.41) is 15.6. The van der Waals surface area contributed by atoms with Crippen molar-refractivity contribution < 1.29 is 4.79 Å². The normalized spacial score (nSPS) is 10.8. The molecule has 0 saturated heterocycles. The first-order valence-corrected chi connectivity index (χ1v) is 7.99. The number of carbonyl (C=O) groups excluding carboxylic acids is 1. The molecule has 0 saturated carbocycles. The van der Waals surface area contributed by atoms with E-state index < -0.39 is 5.91 Å². The van der Waals surface area contributed by atoms with E-state index in [1.807, 2.05) is 36.4 Å². The predicted molar refractivity (Wildman–Crippen MR) is 96.9 cm³/mol. The lowest BCUT2D eigenvalue weighted by Gasteiger charge is -2.07. The Morgan fingerprint density at radius 3 is 2.62 bits per heavy atom. The van der Waals surface area contributed by atoms with Gasteiger partial charge in [0.15, 0.2) is 0 Å². The lowest BCUT2D eigenvalue weighted by Crippen LogP contribution is -2.27. The standard InChI is InChI=1S/C18H15Cl2N3O/c19-15-6-7-16(20)17(10-15)23-12-14(11-21)18(24)22-9-8-13-4-2-1-3-5-13/h1-7,10,12,23H,8-9H2,(H,22,24)/b14-12-. The quantitative estimate of drug-likeness (QED) is 0.600. The fourth-order valence-electron chi connectivity index (χ4n) is 1.97. The molecule has 1 amide bonds. The van der Waals surface area contributed by atoms with Gasteiger partial charge in [0.1, 0.15) is 11.6 Å². The van der Waals surface area contributed by atoms with Gasteiger partial charge < -0.3 is 10.6 Å². The highest BCUT2D eigenvalue weighted by Crippen LogP contribution is 2.25. The molecule has 2 aromatic carbocycles. The number of hydrogen-bond acceptors (Lipinski definition) is 3. The summed E-state index contributed by atoms with van der Waals surface area (Å²) in [6.07, 6.45) is 2.01. The van der Waals surface area contributed by atoms with E-state index in [1.165, 1.54) is 6.20 Å². The zero-order chi connectivity index (χ0) is 17.4. The van der Waals surface area contributed by atoms with Gasteiger partial charge in [-0.3, -0.25) is 4.79 Å². The summed E-state index contributed by atoms with van der Waals surface area (Å²) >= 11 is 11.9. The molecule has 0 unspecified atom stereocenters. The smallest absolute Gasteiger partial charge is 0.263 e. The van der Waals surface area contributed by atoms with Gasteiger partial charge >= 0.3 is 0 Å². The van der Waals surface area contributed by atoms with Crippen molar-refractivity contribution in [3.05, 3.63) is 75.9 Å². The summed E-state index contributed by atoms with van der Waals surface area (Å²) < 4.78 is 0. The van der Waals surface area contributed by atoms with E-state index in [1.54, 1.807) is 18.2 Å². The highest BCUT2D eigenvalue weighted by Gasteiger charge is 2.08. The number of amides is 1. The van der Waals surface area contributed by atoms with Crippen molar-refractivity contribution in [1.29, 1.82) is 5.26 Å². The van der Waals surface area contributed by atoms with Crippen LogP contribution in [-0.2, 0) is 11.2 Å². The number of halogens is 2. The lowest BCUT2D eigenvalue weighted by atomic mass is 10.1. The highest BCUT2D eigenvalue weighted by molar-refractivity contribution is 6.35. The molecule has 0 aliphatic heterocycles. The molecule has 24 heavy (non-hydrogen) atoms. The van der Waals surface area contributed by atoms with Crippen LogP contribution in [0.2, 0.25) is 10.0 Å². The molecule has 2 aromatic rings. The number of anilines is 1. The molecule has 0 spiro atoms. The van der Waals surface area contributed by atoms with E-state index in [0.717, 1.165) is 5.56 Å². The maximum atomic E-state index is 12.0. The van der Waals surface area contributed by atoms with Crippen LogP contribution < -0.4 is 10.6 Å². The number of nitrogens with one attached hydrogen (secondary N) is 2. The van der Waals surface area contributed by atoms with E-state index >= 15 is 0 Å². The van der Waals surface area contributed by atoms with Crippen LogP contribution in [0, 0.1) is 11.3 Å². The third-order valence-corrected chi connectivity index (χ3v) is 3.77. The van der Waals surface area contributed by atoms with Crippen molar-refractivity contribution >= 4 is 34.8 Å². The SMILES string of the molecule is N#C/C(=C/Nc1cc(Cl)ccc1Cl)C(=O)NCCc1ccccc1. The number of nitriles is 1. The summed E-state index contributed by atoms with van der Waals surface area (Å²) in [5.74, 6) is -0.445. The molecule has 122 valence electrons. The molecule has 0 aliphatic rings. The van der Waals surface area contributed by atoms with Gasteiger partial charge in [0.25, 0.3) is 5.91 Å². The zero-order valence-electron chi connectivity index (χ0n) is 12.7. The van der Waals surface area contributed by atoms with Crippen LogP contribution in [0.15, 0.2) is 60.3 Å². The van der Waals surface area contributed by atoms with Crippen LogP contribution in [0.4, 0.5) is 5.69 Å². The Balaban J connectivity index is 1.93. The number of rotatable bonds is 6. The molecule has 0 atom stereocenters. The van der Waals surface area contributed by atoms with Crippen molar-refractivity contribution in [2.24, 2.45) is 0 Å². The maximum Gasteiger partial charge on any atom is 0.263 e. The molecule has 0 fully saturated rings. The summed E-state index contributed by atoms with van der Waals surface area (Å²) in [6, 6.07) is 16.5. The highest BCUT2D eigenvalue weighted by atomic mass is 35.5. The molecular weight excluding hydrogens is 345 g/mol. The second kappa shape index (κ2) is 8.97. The minimum atomic E-state index is -0.445. The van der Waals surface area contributed by atoms with Gasteiger partial charge in [0, 0.05) is 17.8 Å². The Labute approximate surface area is 150 Å². The van der Waals surface area contributed by atoms with E-state index in [-0.39, 0.29) is 5.57 Å². The van der Waals surface area contributed by atoms with Gasteiger partial charge in [-0.25, -0.2) is 0 Å². The largest absolute Gasteiger partial charge is 0.359 e. The third-order valence-electron chi connectivity index (χ3n) is 3.21. The molecule has 6 heteroatoms. The molecule has 0 radical (unpaired) electrons. The first kappa shape index (κ1) is 17.9. The van der Waals surface area contributed by atoms with Crippen LogP contribution in [-0.4, -0.2) is 12.5 Å². The molecule has 0 aromatic heterocycles. The second-order valence-electron chi connectivity index (χ2n) is 4.93. The van der Waals surface area contributed by atoms with Crippen molar-refractivity contribution in [3.63, 3.8) is 0 Å². The van der Waals surface area contributed by atoms with Crippen LogP contribution in [0.1, 0.15) is 5.56 Å². The van der Waals surface area contributed by atoms with Crippen LogP contribution in [0.5, 0.6) is 0 Å². The number of carbonyl (C=O) groups is 1. The topological polar surface area (TPSA) is 64.9 Å². The number of hydrogen-bond donors (Lipinski definition) is 2. The van der Waals surface area contributed by atoms with E-state index in [0.29, 0.717) is 28.7 Å². The summed E-state index contributed by atoms with van der Waals surface area (Å²) in [5.41, 5.74) is 1.59. The van der Waals surface area contributed by atoms with Crippen molar-refractivity contribution in [1.82, 2.24) is 5.32 Å². The predicted octanol–water partition coefficient (Wildman–Crippen LogP) is 4.17. The van der Waals surface area contributed by atoms with Gasteiger partial charge in [-0.05, 0) is 30.2 Å². The fraction of sp³-hybridized carbons (Fsp3) is 0.111. The minimum Gasteiger partial charge on any atom is -0.359 e. The van der Waals surface area contributed by atoms with Gasteiger partial charge in [-0.2, -0.15) is 5.26 Å². The number of benzene rings is 2. The van der Waals surface area contributed by atoms with Crippen LogP contribution >= 0.6 is 23.2 Å². The van der Waals surface area contributed by atoms with Crippen molar-refractivity contribution in [2.75, 3.05) is 11.9 Å². The first-order chi connectivity index (χ1) is 11.6. The Morgan fingerprint density at radius 1 is 1.17 bits per heavy atom. The molecule has 0 bridgehead atoms. The maximum absolute atomic E-state index is 12.0. The zero-order valence-corrected chi connectivity index (χ0v) is 14.2. The van der Waals surface area contributed by atoms with Crippen LogP contribution in [0.25, 0.3) is 0 Å². The molecule has 2 N–H and O–H groups in total. The Bertz CT molecular complexity index is 783. The molecule has 2 rings (SSSR count). The molecule has 0 aliphatic carbocycles. The van der Waals surface area contributed by atoms with Gasteiger partial charge in [0.05, 0.1) is 10.7 Å². The molecular formula is C18H15Cl2N3O. The van der Waals surface area contributed by atoms with Gasteiger partial charge in [-0.1, -0.05) is 53.5 Å². The van der Waals surface area contributed by atoms with E-state index in [9.17, 15) is 4.79 Å². The average molecular weight is 360 g/mol. The Morgan fingerprint density at radius 2 is 1.92 bits per heavy atom. The lowest BCUT2D eigenvalue weighted by molar-refractivity contribution is -0.117. The monoisotopic (exact) mass is 359 g/mol. The fourth-order valence-corrected chi connectivity index (χ4v) is 2.31. The van der Waals surface area contributed by atoms with Gasteiger partial charge in [0.2, 0.25) is 0 Å². The molecule has 0 heterocycles. The summed E-state index contributed by atoms with van der Waals surface area (Å²) in [6.45, 7) is 0.444. The molecule has 4 nitrogen and oxygen atoms in total. The van der Waals surface area contributed by atoms with Crippen molar-refractivity contribution in [2.45, 2.75) is 6.42 Å². The number of nitrogens with zero attached hydrogens (tertiary/aromatic N) is 1. The summed E-state index contributed by atoms with van der Waals surface area (Å²) in [7, 11) is 0. The first-order valence-electron chi connectivity index (χ1n) is 7.24. The summed E-state index contributed by atoms with van der Waals surface area (Å²) in [4.78, 5) is 12.0. The van der Waals surface area contributed by atoms with E-state index in [4.69, 9.17) is 28.5 Å². The Kier molecular flexibility index (Phi) is 6.68. The van der Waals surface area contributed by atoms with E-state index in [2.05, 4.69) is 10.6 Å². The second-order valence-corrected chi connectivity index (χ2v) is 5.77. The third kappa shape index (κ3) is 5.31. The van der Waals surface area contributed by atoms with Crippen molar-refractivity contribution in [3.8, 4) is 6.07 Å². The minimum absolute atomic E-state index is 0.0425.